The van der Waals surface area contributed by atoms with Crippen LogP contribution in [0, 0.1) is 0 Å². The van der Waals surface area contributed by atoms with Crippen molar-refractivity contribution >= 4 is 45.9 Å². The molecule has 5 heteroatoms. The van der Waals surface area contributed by atoms with Gasteiger partial charge in [0.2, 0.25) is 0 Å². The smallest absolute Gasteiger partial charge is 0.0691 e. The number of aromatic amines is 2. The molecule has 0 unspecified atom stereocenters. The summed E-state index contributed by atoms with van der Waals surface area (Å²) in [5, 5.41) is 3.55. The molecule has 6 rings (SSSR count). The van der Waals surface area contributed by atoms with E-state index in [1.54, 1.807) is 0 Å². The van der Waals surface area contributed by atoms with Crippen LogP contribution in [-0.4, -0.2) is 26.5 Å². The van der Waals surface area contributed by atoms with Crippen LogP contribution in [0.4, 0.5) is 0 Å². The Bertz CT molecular complexity index is 1570. The van der Waals surface area contributed by atoms with E-state index in [1.807, 2.05) is 6.08 Å². The third kappa shape index (κ3) is 5.15. The molecule has 5 heterocycles. The Kier molecular flexibility index (Phi) is 5.83. The molecule has 0 saturated heterocycles. The number of fused-ring (bicyclic) bond motifs is 8. The third-order valence-corrected chi connectivity index (χ3v) is 6.22. The van der Waals surface area contributed by atoms with Crippen molar-refractivity contribution in [1.29, 1.82) is 0 Å². The lowest BCUT2D eigenvalue weighted by Crippen LogP contribution is -2.14. The highest BCUT2D eigenvalue weighted by Gasteiger charge is 2.11. The maximum Gasteiger partial charge on any atom is 0.0691 e. The lowest BCUT2D eigenvalue weighted by molar-refractivity contribution is 0.658. The van der Waals surface area contributed by atoms with Crippen LogP contribution in [0.2, 0.25) is 0 Å². The first-order valence-electron chi connectivity index (χ1n) is 12.1. The Balaban J connectivity index is 1.30. The third-order valence-electron chi connectivity index (χ3n) is 6.22. The lowest BCUT2D eigenvalue weighted by atomic mass is 10.1. The molecule has 8 bridgehead atoms. The van der Waals surface area contributed by atoms with E-state index >= 15 is 0 Å². The topological polar surface area (TPSA) is 69.4 Å². The molecular formula is C30H27N5. The van der Waals surface area contributed by atoms with E-state index < -0.39 is 0 Å². The van der Waals surface area contributed by atoms with Gasteiger partial charge in [-0.1, -0.05) is 30.3 Å². The van der Waals surface area contributed by atoms with Crippen molar-refractivity contribution in [3.8, 4) is 0 Å². The van der Waals surface area contributed by atoms with Gasteiger partial charge in [0.1, 0.15) is 0 Å². The molecule has 0 saturated carbocycles. The number of allylic oxidation sites excluding steroid dienone is 1. The van der Waals surface area contributed by atoms with E-state index in [0.29, 0.717) is 0 Å². The SMILES string of the molecule is C1=Cc2cc3ccc(cc4ccc(cc5nc(cc1n2)C(CCCNCc1ccccc1)=C5)[nH]4)[nH]3. The first-order chi connectivity index (χ1) is 17.3. The second-order valence-electron chi connectivity index (χ2n) is 8.97. The molecule has 35 heavy (non-hydrogen) atoms. The first-order valence-corrected chi connectivity index (χ1v) is 12.1. The van der Waals surface area contributed by atoms with Crippen molar-refractivity contribution in [2.24, 2.45) is 0 Å². The van der Waals surface area contributed by atoms with Gasteiger partial charge in [-0.2, -0.15) is 0 Å². The van der Waals surface area contributed by atoms with Gasteiger partial charge in [0.05, 0.1) is 22.8 Å². The average Bonchev–Trinajstić information content (AvgIpc) is 3.65. The first kappa shape index (κ1) is 21.3. The van der Waals surface area contributed by atoms with E-state index in [2.05, 4.69) is 106 Å². The molecule has 1 aromatic carbocycles. The fraction of sp³-hybridized carbons (Fsp3) is 0.133. The predicted octanol–water partition coefficient (Wildman–Crippen LogP) is 6.60. The second-order valence-corrected chi connectivity index (χ2v) is 8.97. The fourth-order valence-corrected chi connectivity index (χ4v) is 4.50. The molecule has 0 aliphatic carbocycles. The Morgan fingerprint density at radius 3 is 2.06 bits per heavy atom. The minimum Gasteiger partial charge on any atom is -0.355 e. The molecule has 2 aliphatic rings. The van der Waals surface area contributed by atoms with Crippen LogP contribution in [0.1, 0.15) is 41.2 Å². The Labute approximate surface area is 204 Å². The molecule has 0 radical (unpaired) electrons. The number of H-pyrrole nitrogens is 2. The summed E-state index contributed by atoms with van der Waals surface area (Å²) in [6.45, 7) is 1.85. The summed E-state index contributed by atoms with van der Waals surface area (Å²) in [4.78, 5) is 16.7. The summed E-state index contributed by atoms with van der Waals surface area (Å²) >= 11 is 0. The number of rotatable bonds is 6. The molecule has 3 N–H and O–H groups in total. The largest absolute Gasteiger partial charge is 0.355 e. The van der Waals surface area contributed by atoms with Gasteiger partial charge in [-0.25, -0.2) is 9.97 Å². The van der Waals surface area contributed by atoms with E-state index in [-0.39, 0.29) is 0 Å². The zero-order valence-electron chi connectivity index (χ0n) is 19.5. The zero-order valence-corrected chi connectivity index (χ0v) is 19.5. The molecule has 3 aromatic heterocycles. The molecule has 172 valence electrons. The second kappa shape index (κ2) is 9.57. The minimum atomic E-state index is 0.892. The van der Waals surface area contributed by atoms with Gasteiger partial charge < -0.3 is 15.3 Å². The van der Waals surface area contributed by atoms with Crippen LogP contribution in [-0.2, 0) is 6.54 Å². The Morgan fingerprint density at radius 1 is 0.657 bits per heavy atom. The van der Waals surface area contributed by atoms with Gasteiger partial charge in [-0.05, 0) is 97.3 Å². The highest BCUT2D eigenvalue weighted by atomic mass is 14.8. The maximum atomic E-state index is 4.95. The van der Waals surface area contributed by atoms with Crippen molar-refractivity contribution in [2.75, 3.05) is 6.54 Å². The fourth-order valence-electron chi connectivity index (χ4n) is 4.50. The van der Waals surface area contributed by atoms with Gasteiger partial charge in [-0.3, -0.25) is 0 Å². The molecule has 0 amide bonds. The molecule has 0 atom stereocenters. The van der Waals surface area contributed by atoms with Crippen LogP contribution in [0.5, 0.6) is 0 Å². The zero-order chi connectivity index (χ0) is 23.5. The average molecular weight is 458 g/mol. The van der Waals surface area contributed by atoms with E-state index in [0.717, 1.165) is 70.8 Å². The Morgan fingerprint density at radius 2 is 1.31 bits per heavy atom. The number of hydrogen-bond donors (Lipinski definition) is 3. The molecular weight excluding hydrogens is 430 g/mol. The normalized spacial score (nSPS) is 12.6. The quantitative estimate of drug-likeness (QED) is 0.252. The van der Waals surface area contributed by atoms with Gasteiger partial charge in [0.25, 0.3) is 0 Å². The van der Waals surface area contributed by atoms with Gasteiger partial charge in [0.15, 0.2) is 0 Å². The van der Waals surface area contributed by atoms with Crippen LogP contribution >= 0.6 is 0 Å². The van der Waals surface area contributed by atoms with Crippen molar-refractivity contribution < 1.29 is 0 Å². The van der Waals surface area contributed by atoms with E-state index in [1.165, 1.54) is 11.1 Å². The molecule has 0 fully saturated rings. The summed E-state index contributed by atoms with van der Waals surface area (Å²) in [6, 6.07) is 27.2. The van der Waals surface area contributed by atoms with Crippen LogP contribution in [0.25, 0.3) is 45.9 Å². The summed E-state index contributed by atoms with van der Waals surface area (Å²) in [5.41, 5.74) is 10.6. The minimum absolute atomic E-state index is 0.892. The predicted molar refractivity (Wildman–Crippen MR) is 145 cm³/mol. The Hall–Kier alpha value is -4.22. The van der Waals surface area contributed by atoms with E-state index in [9.17, 15) is 0 Å². The summed E-state index contributed by atoms with van der Waals surface area (Å²) in [5.74, 6) is 0. The van der Waals surface area contributed by atoms with Crippen LogP contribution in [0.3, 0.4) is 0 Å². The van der Waals surface area contributed by atoms with Crippen molar-refractivity contribution in [2.45, 2.75) is 19.4 Å². The molecule has 2 aliphatic heterocycles. The molecule has 5 nitrogen and oxygen atoms in total. The lowest BCUT2D eigenvalue weighted by Gasteiger charge is -2.05. The number of nitrogens with one attached hydrogen (secondary N) is 3. The maximum absolute atomic E-state index is 4.95. The van der Waals surface area contributed by atoms with Crippen molar-refractivity contribution in [3.05, 3.63) is 107 Å². The number of hydrogen-bond acceptors (Lipinski definition) is 3. The van der Waals surface area contributed by atoms with E-state index in [4.69, 9.17) is 9.97 Å². The summed E-state index contributed by atoms with van der Waals surface area (Å²) in [6.07, 6.45) is 8.32. The number of benzene rings is 1. The van der Waals surface area contributed by atoms with Crippen molar-refractivity contribution in [1.82, 2.24) is 25.3 Å². The van der Waals surface area contributed by atoms with Crippen LogP contribution < -0.4 is 5.32 Å². The molecule has 0 spiro atoms. The monoisotopic (exact) mass is 457 g/mol. The standard InChI is InChI=1S/C30H27N5/c1-2-5-21(6-3-1)20-31-14-4-7-22-15-29-18-27-11-10-25(33-27)16-23-8-9-24(32-23)17-26-12-13-28(34-26)19-30(22)35-29/h1-3,5-6,8-13,15-19,31-33H,4,7,14,20H2. The van der Waals surface area contributed by atoms with Gasteiger partial charge >= 0.3 is 0 Å². The highest BCUT2D eigenvalue weighted by molar-refractivity contribution is 5.84. The number of nitrogens with zero attached hydrogens (tertiary/aromatic N) is 2. The highest BCUT2D eigenvalue weighted by Crippen LogP contribution is 2.27. The summed E-state index contributed by atoms with van der Waals surface area (Å²) < 4.78 is 0. The van der Waals surface area contributed by atoms with Gasteiger partial charge in [0, 0.05) is 28.6 Å². The van der Waals surface area contributed by atoms with Crippen molar-refractivity contribution in [3.63, 3.8) is 0 Å². The summed E-state index contributed by atoms with van der Waals surface area (Å²) in [7, 11) is 0. The van der Waals surface area contributed by atoms with Crippen LogP contribution in [0.15, 0.2) is 78.9 Å². The van der Waals surface area contributed by atoms with Gasteiger partial charge in [-0.15, -0.1) is 0 Å². The number of aromatic nitrogens is 4. The molecule has 4 aromatic rings.